The summed E-state index contributed by atoms with van der Waals surface area (Å²) in [4.78, 5) is 16.6. The lowest BCUT2D eigenvalue weighted by Gasteiger charge is -2.27. The van der Waals surface area contributed by atoms with Crippen LogP contribution in [-0.4, -0.2) is 42.9 Å². The van der Waals surface area contributed by atoms with Crippen LogP contribution in [0.1, 0.15) is 28.8 Å². The summed E-state index contributed by atoms with van der Waals surface area (Å²) in [6, 6.07) is 15.9. The molecule has 1 aliphatic heterocycles. The first-order valence-electron chi connectivity index (χ1n) is 11.2. The van der Waals surface area contributed by atoms with Crippen molar-refractivity contribution in [1.29, 1.82) is 0 Å². The van der Waals surface area contributed by atoms with E-state index in [1.165, 1.54) is 4.31 Å². The zero-order valence-electron chi connectivity index (χ0n) is 18.8. The third-order valence-electron chi connectivity index (χ3n) is 6.06. The second kappa shape index (κ2) is 9.40. The molecule has 0 N–H and O–H groups in total. The first-order chi connectivity index (χ1) is 16.4. The molecule has 34 heavy (non-hydrogen) atoms. The highest BCUT2D eigenvalue weighted by Gasteiger charge is 2.40. The molecule has 9 heteroatoms. The molecule has 2 aromatic carbocycles. The minimum atomic E-state index is -3.77. The molecule has 0 radical (unpaired) electrons. The number of amides is 1. The maximum absolute atomic E-state index is 13.6. The lowest BCUT2D eigenvalue weighted by molar-refractivity contribution is -0.132. The number of hydrogen-bond acceptors (Lipinski definition) is 6. The number of rotatable bonds is 9. The molecule has 1 aliphatic carbocycles. The fourth-order valence-corrected chi connectivity index (χ4v) is 6.54. The third-order valence-corrected chi connectivity index (χ3v) is 8.98. The van der Waals surface area contributed by atoms with Gasteiger partial charge in [-0.2, -0.15) is 4.31 Å². The van der Waals surface area contributed by atoms with Gasteiger partial charge in [0.05, 0.1) is 18.0 Å². The Labute approximate surface area is 203 Å². The molecule has 0 atom stereocenters. The number of carbonyl (C=O) groups is 1. The first kappa shape index (κ1) is 22.9. The molecule has 1 aromatic heterocycles. The van der Waals surface area contributed by atoms with Crippen molar-refractivity contribution in [3.8, 4) is 11.5 Å². The van der Waals surface area contributed by atoms with Gasteiger partial charge < -0.3 is 14.4 Å². The number of thiophene rings is 1. The van der Waals surface area contributed by atoms with Crippen LogP contribution in [0, 0.1) is 6.92 Å². The van der Waals surface area contributed by atoms with Gasteiger partial charge in [0, 0.05) is 17.5 Å². The second-order valence-corrected chi connectivity index (χ2v) is 11.4. The maximum atomic E-state index is 13.6. The number of fused-ring (bicyclic) bond motifs is 1. The van der Waals surface area contributed by atoms with E-state index in [9.17, 15) is 13.2 Å². The van der Waals surface area contributed by atoms with Crippen LogP contribution in [0.4, 0.5) is 0 Å². The highest BCUT2D eigenvalue weighted by molar-refractivity contribution is 7.89. The molecule has 1 amide bonds. The SMILES string of the molecule is Cc1ccsc1CN(Cc1ccc2c(c1)OCO2)C(=O)CN(C1CC1)S(=O)(=O)c1ccccc1. The number of nitrogens with zero attached hydrogens (tertiary/aromatic N) is 2. The van der Waals surface area contributed by atoms with E-state index in [-0.39, 0.29) is 30.2 Å². The van der Waals surface area contributed by atoms with Crippen molar-refractivity contribution in [3.63, 3.8) is 0 Å². The summed E-state index contributed by atoms with van der Waals surface area (Å²) in [6.07, 6.45) is 1.54. The Morgan fingerprint density at radius 2 is 1.79 bits per heavy atom. The van der Waals surface area contributed by atoms with Gasteiger partial charge in [-0.05, 0) is 66.6 Å². The molecular formula is C25H26N2O5S2. The maximum Gasteiger partial charge on any atom is 0.243 e. The lowest BCUT2D eigenvalue weighted by atomic mass is 10.1. The van der Waals surface area contributed by atoms with E-state index in [4.69, 9.17) is 9.47 Å². The Morgan fingerprint density at radius 3 is 2.50 bits per heavy atom. The van der Waals surface area contributed by atoms with Crippen molar-refractivity contribution in [2.45, 2.75) is 43.8 Å². The summed E-state index contributed by atoms with van der Waals surface area (Å²) in [5.74, 6) is 1.12. The van der Waals surface area contributed by atoms with Crippen LogP contribution in [0.15, 0.2) is 64.9 Å². The summed E-state index contributed by atoms with van der Waals surface area (Å²) in [7, 11) is -3.77. The molecule has 2 heterocycles. The molecule has 3 aromatic rings. The second-order valence-electron chi connectivity index (χ2n) is 8.56. The van der Waals surface area contributed by atoms with Crippen LogP contribution >= 0.6 is 11.3 Å². The predicted octanol–water partition coefficient (Wildman–Crippen LogP) is 4.17. The Morgan fingerprint density at radius 1 is 1.03 bits per heavy atom. The molecule has 2 aliphatic rings. The quantitative estimate of drug-likeness (QED) is 0.443. The fraction of sp³-hybridized carbons (Fsp3) is 0.320. The average Bonchev–Trinajstić information content (AvgIpc) is 3.43. The standard InChI is InChI=1S/C25H26N2O5S2/c1-18-11-12-33-24(18)15-26(14-19-7-10-22-23(13-19)32-17-31-22)25(28)16-27(20-8-9-20)34(29,30)21-5-3-2-4-6-21/h2-7,10-13,20H,8-9,14-17H2,1H3. The van der Waals surface area contributed by atoms with E-state index >= 15 is 0 Å². The molecule has 1 saturated carbocycles. The molecule has 178 valence electrons. The molecule has 1 fully saturated rings. The Balaban J connectivity index is 1.40. The normalized spacial score (nSPS) is 15.0. The van der Waals surface area contributed by atoms with E-state index in [2.05, 4.69) is 0 Å². The molecule has 0 unspecified atom stereocenters. The van der Waals surface area contributed by atoms with E-state index in [1.54, 1.807) is 46.6 Å². The van der Waals surface area contributed by atoms with E-state index < -0.39 is 10.0 Å². The molecule has 7 nitrogen and oxygen atoms in total. The van der Waals surface area contributed by atoms with Gasteiger partial charge in [-0.3, -0.25) is 4.79 Å². The number of hydrogen-bond donors (Lipinski definition) is 0. The molecule has 0 saturated heterocycles. The Hall–Kier alpha value is -2.88. The van der Waals surface area contributed by atoms with Crippen molar-refractivity contribution in [1.82, 2.24) is 9.21 Å². The van der Waals surface area contributed by atoms with Crippen LogP contribution < -0.4 is 9.47 Å². The Bertz CT molecular complexity index is 1290. The zero-order chi connectivity index (χ0) is 23.7. The number of benzene rings is 2. The van der Waals surface area contributed by atoms with Crippen molar-refractivity contribution in [2.75, 3.05) is 13.3 Å². The van der Waals surface area contributed by atoms with Crippen LogP contribution in [0.5, 0.6) is 11.5 Å². The number of ether oxygens (including phenoxy) is 2. The van der Waals surface area contributed by atoms with Gasteiger partial charge in [0.1, 0.15) is 0 Å². The van der Waals surface area contributed by atoms with Gasteiger partial charge in [0.25, 0.3) is 0 Å². The van der Waals surface area contributed by atoms with Crippen LogP contribution in [0.2, 0.25) is 0 Å². The van der Waals surface area contributed by atoms with Crippen LogP contribution in [0.3, 0.4) is 0 Å². The Kier molecular flexibility index (Phi) is 6.33. The monoisotopic (exact) mass is 498 g/mol. The molecule has 0 spiro atoms. The number of aryl methyl sites for hydroxylation is 1. The van der Waals surface area contributed by atoms with Crippen molar-refractivity contribution >= 4 is 27.3 Å². The molecule has 0 bridgehead atoms. The number of carbonyl (C=O) groups excluding carboxylic acids is 1. The molecule has 5 rings (SSSR count). The van der Waals surface area contributed by atoms with Crippen molar-refractivity contribution in [3.05, 3.63) is 76.0 Å². The highest BCUT2D eigenvalue weighted by atomic mass is 32.2. The minimum absolute atomic E-state index is 0.134. The molecular weight excluding hydrogens is 472 g/mol. The van der Waals surface area contributed by atoms with Gasteiger partial charge in [-0.15, -0.1) is 11.3 Å². The van der Waals surface area contributed by atoms with Gasteiger partial charge in [0.2, 0.25) is 22.7 Å². The van der Waals surface area contributed by atoms with Crippen LogP contribution in [-0.2, 0) is 27.9 Å². The fourth-order valence-electron chi connectivity index (χ4n) is 3.97. The van der Waals surface area contributed by atoms with Gasteiger partial charge >= 0.3 is 0 Å². The smallest absolute Gasteiger partial charge is 0.243 e. The summed E-state index contributed by atoms with van der Waals surface area (Å²) in [6.45, 7) is 2.78. The number of sulfonamides is 1. The first-order valence-corrected chi connectivity index (χ1v) is 13.5. The highest BCUT2D eigenvalue weighted by Crippen LogP contribution is 2.34. The average molecular weight is 499 g/mol. The largest absolute Gasteiger partial charge is 0.454 e. The zero-order valence-corrected chi connectivity index (χ0v) is 20.5. The topological polar surface area (TPSA) is 76.2 Å². The summed E-state index contributed by atoms with van der Waals surface area (Å²) < 4.78 is 39.0. The van der Waals surface area contributed by atoms with E-state index in [0.717, 1.165) is 28.8 Å². The summed E-state index contributed by atoms with van der Waals surface area (Å²) in [5.41, 5.74) is 2.01. The van der Waals surface area contributed by atoms with Gasteiger partial charge in [0.15, 0.2) is 11.5 Å². The lowest BCUT2D eigenvalue weighted by Crippen LogP contribution is -2.43. The van der Waals surface area contributed by atoms with Gasteiger partial charge in [-0.25, -0.2) is 8.42 Å². The summed E-state index contributed by atoms with van der Waals surface area (Å²) in [5, 5.41) is 2.00. The third kappa shape index (κ3) is 4.82. The summed E-state index contributed by atoms with van der Waals surface area (Å²) >= 11 is 1.60. The minimum Gasteiger partial charge on any atom is -0.454 e. The predicted molar refractivity (Wildman–Crippen MR) is 129 cm³/mol. The van der Waals surface area contributed by atoms with Crippen LogP contribution in [0.25, 0.3) is 0 Å². The van der Waals surface area contributed by atoms with Gasteiger partial charge in [-0.1, -0.05) is 24.3 Å². The van der Waals surface area contributed by atoms with Crippen molar-refractivity contribution < 1.29 is 22.7 Å². The van der Waals surface area contributed by atoms with Crippen molar-refractivity contribution in [2.24, 2.45) is 0 Å². The van der Waals surface area contributed by atoms with E-state index in [0.29, 0.717) is 24.6 Å². The van der Waals surface area contributed by atoms with E-state index in [1.807, 2.05) is 36.6 Å².